The third-order valence-electron chi connectivity index (χ3n) is 3.88. The van der Waals surface area contributed by atoms with Crippen LogP contribution in [0.2, 0.25) is 0 Å². The van der Waals surface area contributed by atoms with E-state index in [9.17, 15) is 9.90 Å². The van der Waals surface area contributed by atoms with Crippen molar-refractivity contribution in [3.63, 3.8) is 0 Å². The Morgan fingerprint density at radius 2 is 2.10 bits per heavy atom. The molecule has 0 bridgehead atoms. The summed E-state index contributed by atoms with van der Waals surface area (Å²) in [4.78, 5) is 11.9. The minimum absolute atomic E-state index is 0.229. The van der Waals surface area contributed by atoms with Gasteiger partial charge in [0.2, 0.25) is 0 Å². The zero-order valence-corrected chi connectivity index (χ0v) is 12.2. The van der Waals surface area contributed by atoms with Gasteiger partial charge in [-0.15, -0.1) is 0 Å². The zero-order chi connectivity index (χ0) is 15.0. The number of carbonyl (C=O) groups is 1. The Kier molecular flexibility index (Phi) is 3.75. The molecule has 1 N–H and O–H groups in total. The number of carboxylic acid groups (broad SMARTS) is 1. The number of hydrogen-bond acceptors (Lipinski definition) is 4. The number of benzene rings is 1. The van der Waals surface area contributed by atoms with Crippen LogP contribution in [0.3, 0.4) is 0 Å². The SMILES string of the molecule is COc1ccc(C)cc1[C@]1(C(=O)O)C[C@@](C)(OC)CO1. The molecule has 0 unspecified atom stereocenters. The minimum atomic E-state index is -1.43. The molecule has 0 aromatic heterocycles. The van der Waals surface area contributed by atoms with E-state index in [1.54, 1.807) is 19.2 Å². The van der Waals surface area contributed by atoms with Gasteiger partial charge >= 0.3 is 5.97 Å². The molecule has 1 aromatic rings. The molecule has 5 nitrogen and oxygen atoms in total. The normalized spacial score (nSPS) is 29.4. The second kappa shape index (κ2) is 5.07. The first-order valence-electron chi connectivity index (χ1n) is 6.44. The van der Waals surface area contributed by atoms with E-state index in [0.29, 0.717) is 11.3 Å². The van der Waals surface area contributed by atoms with Gasteiger partial charge in [0.05, 0.1) is 19.3 Å². The van der Waals surface area contributed by atoms with Crippen LogP contribution in [0.4, 0.5) is 0 Å². The third-order valence-corrected chi connectivity index (χ3v) is 3.88. The fraction of sp³-hybridized carbons (Fsp3) is 0.533. The smallest absolute Gasteiger partial charge is 0.340 e. The highest BCUT2D eigenvalue weighted by Gasteiger charge is 2.55. The van der Waals surface area contributed by atoms with Crippen molar-refractivity contribution in [3.05, 3.63) is 29.3 Å². The largest absolute Gasteiger partial charge is 0.496 e. The number of ether oxygens (including phenoxy) is 3. The van der Waals surface area contributed by atoms with Gasteiger partial charge in [0, 0.05) is 19.1 Å². The first-order chi connectivity index (χ1) is 9.37. The van der Waals surface area contributed by atoms with Crippen molar-refractivity contribution in [2.75, 3.05) is 20.8 Å². The Balaban J connectivity index is 2.56. The lowest BCUT2D eigenvalue weighted by molar-refractivity contribution is -0.161. The number of aliphatic carboxylic acids is 1. The van der Waals surface area contributed by atoms with E-state index in [4.69, 9.17) is 14.2 Å². The lowest BCUT2D eigenvalue weighted by Gasteiger charge is -2.27. The number of methoxy groups -OCH3 is 2. The monoisotopic (exact) mass is 280 g/mol. The third kappa shape index (κ3) is 2.27. The maximum absolute atomic E-state index is 11.9. The average Bonchev–Trinajstić information content (AvgIpc) is 2.79. The van der Waals surface area contributed by atoms with Gasteiger partial charge in [-0.05, 0) is 26.0 Å². The van der Waals surface area contributed by atoms with Crippen LogP contribution in [0, 0.1) is 6.92 Å². The van der Waals surface area contributed by atoms with Crippen LogP contribution in [-0.2, 0) is 19.9 Å². The second-order valence-corrected chi connectivity index (χ2v) is 5.46. The molecule has 1 aromatic carbocycles. The summed E-state index contributed by atoms with van der Waals surface area (Å²) < 4.78 is 16.4. The van der Waals surface area contributed by atoms with Crippen LogP contribution < -0.4 is 4.74 Å². The molecule has 1 fully saturated rings. The number of aryl methyl sites for hydroxylation is 1. The Labute approximate surface area is 118 Å². The lowest BCUT2D eigenvalue weighted by Crippen LogP contribution is -2.37. The first kappa shape index (κ1) is 14.8. The van der Waals surface area contributed by atoms with Crippen molar-refractivity contribution in [1.29, 1.82) is 0 Å². The predicted molar refractivity (Wildman–Crippen MR) is 73.0 cm³/mol. The number of hydrogen-bond donors (Lipinski definition) is 1. The number of rotatable bonds is 4. The molecule has 0 radical (unpaired) electrons. The van der Waals surface area contributed by atoms with Crippen molar-refractivity contribution in [1.82, 2.24) is 0 Å². The molecule has 1 aliphatic heterocycles. The molecule has 0 spiro atoms. The van der Waals surface area contributed by atoms with Gasteiger partial charge in [0.25, 0.3) is 0 Å². The Hall–Kier alpha value is -1.59. The van der Waals surface area contributed by atoms with Crippen LogP contribution in [-0.4, -0.2) is 37.5 Å². The van der Waals surface area contributed by atoms with Gasteiger partial charge in [0.1, 0.15) is 5.75 Å². The maximum atomic E-state index is 11.9. The topological polar surface area (TPSA) is 65.0 Å². The van der Waals surface area contributed by atoms with Gasteiger partial charge in [-0.1, -0.05) is 11.6 Å². The highest BCUT2D eigenvalue weighted by Crippen LogP contribution is 2.46. The zero-order valence-electron chi connectivity index (χ0n) is 12.2. The first-order valence-corrected chi connectivity index (χ1v) is 6.44. The molecule has 1 saturated heterocycles. The van der Waals surface area contributed by atoms with E-state index in [0.717, 1.165) is 5.56 Å². The van der Waals surface area contributed by atoms with E-state index in [1.165, 1.54) is 7.11 Å². The van der Waals surface area contributed by atoms with Gasteiger partial charge in [-0.25, -0.2) is 4.79 Å². The van der Waals surface area contributed by atoms with E-state index >= 15 is 0 Å². The average molecular weight is 280 g/mol. The van der Waals surface area contributed by atoms with E-state index in [1.807, 2.05) is 19.9 Å². The molecular weight excluding hydrogens is 260 g/mol. The summed E-state index contributed by atoms with van der Waals surface area (Å²) in [5, 5.41) is 9.72. The summed E-state index contributed by atoms with van der Waals surface area (Å²) in [5.74, 6) is -0.513. The summed E-state index contributed by atoms with van der Waals surface area (Å²) in [6, 6.07) is 5.44. The maximum Gasteiger partial charge on any atom is 0.340 e. The molecule has 110 valence electrons. The number of carboxylic acids is 1. The fourth-order valence-electron chi connectivity index (χ4n) is 2.60. The molecule has 2 atom stereocenters. The molecule has 0 saturated carbocycles. The molecule has 0 amide bonds. The van der Waals surface area contributed by atoms with Gasteiger partial charge in [-0.3, -0.25) is 0 Å². The van der Waals surface area contributed by atoms with E-state index in [-0.39, 0.29) is 13.0 Å². The molecule has 0 aliphatic carbocycles. The minimum Gasteiger partial charge on any atom is -0.496 e. The molecule has 1 aliphatic rings. The summed E-state index contributed by atoms with van der Waals surface area (Å²) in [6.45, 7) is 3.98. The predicted octanol–water partition coefficient (Wildman–Crippen LogP) is 2.11. The fourth-order valence-corrected chi connectivity index (χ4v) is 2.60. The second-order valence-electron chi connectivity index (χ2n) is 5.46. The highest BCUT2D eigenvalue weighted by molar-refractivity contribution is 5.81. The quantitative estimate of drug-likeness (QED) is 0.915. The summed E-state index contributed by atoms with van der Waals surface area (Å²) >= 11 is 0. The van der Waals surface area contributed by atoms with Crippen LogP contribution in [0.15, 0.2) is 18.2 Å². The Morgan fingerprint density at radius 1 is 1.40 bits per heavy atom. The Morgan fingerprint density at radius 3 is 2.60 bits per heavy atom. The summed E-state index contributed by atoms with van der Waals surface area (Å²) in [7, 11) is 3.09. The Bertz CT molecular complexity index is 527. The summed E-state index contributed by atoms with van der Waals surface area (Å²) in [6.07, 6.45) is 0.242. The van der Waals surface area contributed by atoms with E-state index in [2.05, 4.69) is 0 Å². The molecule has 2 rings (SSSR count). The van der Waals surface area contributed by atoms with Crippen molar-refractivity contribution in [2.45, 2.75) is 31.5 Å². The van der Waals surface area contributed by atoms with Crippen LogP contribution in [0.5, 0.6) is 5.75 Å². The standard InChI is InChI=1S/C15H20O5/c1-10-5-6-12(18-3)11(7-10)15(13(16)17)8-14(2,19-4)9-20-15/h5-7H,8-9H2,1-4H3,(H,16,17)/t14-,15+/m1/s1. The van der Waals surface area contributed by atoms with Crippen molar-refractivity contribution < 1.29 is 24.1 Å². The van der Waals surface area contributed by atoms with Gasteiger partial charge < -0.3 is 19.3 Å². The van der Waals surface area contributed by atoms with Crippen LogP contribution in [0.1, 0.15) is 24.5 Å². The van der Waals surface area contributed by atoms with Crippen molar-refractivity contribution in [3.8, 4) is 5.75 Å². The molecule has 1 heterocycles. The summed E-state index contributed by atoms with van der Waals surface area (Å²) in [5.41, 5.74) is -0.556. The molecule has 5 heteroatoms. The molecule has 20 heavy (non-hydrogen) atoms. The molecular formula is C15H20O5. The van der Waals surface area contributed by atoms with E-state index < -0.39 is 17.2 Å². The highest BCUT2D eigenvalue weighted by atomic mass is 16.6. The van der Waals surface area contributed by atoms with Crippen LogP contribution in [0.25, 0.3) is 0 Å². The van der Waals surface area contributed by atoms with Crippen molar-refractivity contribution >= 4 is 5.97 Å². The van der Waals surface area contributed by atoms with Crippen molar-refractivity contribution in [2.24, 2.45) is 0 Å². The van der Waals surface area contributed by atoms with Crippen LogP contribution >= 0.6 is 0 Å². The van der Waals surface area contributed by atoms with Gasteiger partial charge in [-0.2, -0.15) is 0 Å². The van der Waals surface area contributed by atoms with Gasteiger partial charge in [0.15, 0.2) is 5.60 Å². The lowest BCUT2D eigenvalue weighted by atomic mass is 9.84.